The zero-order valence-electron chi connectivity index (χ0n) is 10.3. The Morgan fingerprint density at radius 2 is 1.94 bits per heavy atom. The summed E-state index contributed by atoms with van der Waals surface area (Å²) in [5, 5.41) is 3.24. The van der Waals surface area contributed by atoms with Crippen molar-refractivity contribution in [3.05, 3.63) is 0 Å². The average molecular weight is 243 g/mol. The van der Waals surface area contributed by atoms with Gasteiger partial charge in [-0.05, 0) is 44.7 Å². The van der Waals surface area contributed by atoms with Crippen molar-refractivity contribution >= 4 is 0 Å². The number of alkyl halides is 1. The van der Waals surface area contributed by atoms with E-state index >= 15 is 0 Å². The van der Waals surface area contributed by atoms with Crippen LogP contribution in [-0.2, 0) is 9.47 Å². The van der Waals surface area contributed by atoms with E-state index in [0.29, 0.717) is 26.1 Å². The Labute approximate surface area is 102 Å². The van der Waals surface area contributed by atoms with Gasteiger partial charge in [0.15, 0.2) is 0 Å². The zero-order valence-corrected chi connectivity index (χ0v) is 10.3. The van der Waals surface area contributed by atoms with E-state index in [2.05, 4.69) is 5.32 Å². The summed E-state index contributed by atoms with van der Waals surface area (Å²) >= 11 is 0. The second-order valence-corrected chi connectivity index (χ2v) is 5.81. The second kappa shape index (κ2) is 4.48. The lowest BCUT2D eigenvalue weighted by atomic mass is 9.72. The molecule has 0 aromatic rings. The third-order valence-electron chi connectivity index (χ3n) is 4.73. The molecule has 3 aliphatic heterocycles. The molecule has 1 spiro atoms. The molecule has 2 atom stereocenters. The van der Waals surface area contributed by atoms with Crippen LogP contribution in [0.4, 0.5) is 4.39 Å². The van der Waals surface area contributed by atoms with Gasteiger partial charge in [-0.25, -0.2) is 4.39 Å². The number of piperidine rings is 1. The van der Waals surface area contributed by atoms with Gasteiger partial charge in [-0.3, -0.25) is 0 Å². The van der Waals surface area contributed by atoms with Gasteiger partial charge < -0.3 is 14.8 Å². The highest BCUT2D eigenvalue weighted by molar-refractivity contribution is 4.99. The van der Waals surface area contributed by atoms with Gasteiger partial charge in [0.05, 0.1) is 12.2 Å². The fourth-order valence-electron chi connectivity index (χ4n) is 3.58. The van der Waals surface area contributed by atoms with Crippen LogP contribution >= 0.6 is 0 Å². The Morgan fingerprint density at radius 1 is 1.12 bits per heavy atom. The van der Waals surface area contributed by atoms with Crippen molar-refractivity contribution in [3.8, 4) is 0 Å². The zero-order chi connectivity index (χ0) is 11.8. The number of ether oxygens (including phenoxy) is 2. The lowest BCUT2D eigenvalue weighted by Gasteiger charge is -2.44. The molecule has 2 unspecified atom stereocenters. The summed E-state index contributed by atoms with van der Waals surface area (Å²) in [6.45, 7) is 3.77. The highest BCUT2D eigenvalue weighted by Gasteiger charge is 2.48. The molecule has 0 amide bonds. The average Bonchev–Trinajstić information content (AvgIpc) is 2.78. The van der Waals surface area contributed by atoms with E-state index in [4.69, 9.17) is 9.47 Å². The molecule has 0 aliphatic carbocycles. The predicted molar refractivity (Wildman–Crippen MR) is 62.8 cm³/mol. The van der Waals surface area contributed by atoms with Gasteiger partial charge in [-0.2, -0.15) is 0 Å². The topological polar surface area (TPSA) is 30.5 Å². The van der Waals surface area contributed by atoms with E-state index in [1.54, 1.807) is 0 Å². The van der Waals surface area contributed by atoms with Gasteiger partial charge in [0.2, 0.25) is 0 Å². The van der Waals surface area contributed by atoms with Crippen LogP contribution in [0.1, 0.15) is 32.1 Å². The summed E-state index contributed by atoms with van der Waals surface area (Å²) in [5.74, 6) is 0.167. The van der Waals surface area contributed by atoms with Crippen LogP contribution < -0.4 is 5.32 Å². The molecule has 3 nitrogen and oxygen atoms in total. The van der Waals surface area contributed by atoms with Crippen LogP contribution in [0.3, 0.4) is 0 Å². The first kappa shape index (κ1) is 11.9. The van der Waals surface area contributed by atoms with Crippen LogP contribution in [0.2, 0.25) is 0 Å². The van der Waals surface area contributed by atoms with Crippen molar-refractivity contribution in [2.24, 2.45) is 5.92 Å². The molecule has 0 bridgehead atoms. The minimum absolute atomic E-state index is 0.160. The van der Waals surface area contributed by atoms with E-state index in [9.17, 15) is 4.39 Å². The first-order valence-corrected chi connectivity index (χ1v) is 6.84. The fourth-order valence-corrected chi connectivity index (χ4v) is 3.58. The van der Waals surface area contributed by atoms with Crippen molar-refractivity contribution < 1.29 is 13.9 Å². The monoisotopic (exact) mass is 243 g/mol. The minimum atomic E-state index is -0.968. The summed E-state index contributed by atoms with van der Waals surface area (Å²) in [4.78, 5) is 0. The van der Waals surface area contributed by atoms with Crippen LogP contribution in [0, 0.1) is 5.92 Å². The van der Waals surface area contributed by atoms with E-state index in [0.717, 1.165) is 39.0 Å². The SMILES string of the molecule is FC1(C2CCOC3(CCOC3)C2)CCNCC1. The van der Waals surface area contributed by atoms with E-state index in [1.807, 2.05) is 0 Å². The molecule has 1 N–H and O–H groups in total. The minimum Gasteiger partial charge on any atom is -0.378 e. The normalized spacial score (nSPS) is 41.8. The number of hydrogen-bond donors (Lipinski definition) is 1. The van der Waals surface area contributed by atoms with Crippen molar-refractivity contribution in [1.82, 2.24) is 5.32 Å². The van der Waals surface area contributed by atoms with Gasteiger partial charge in [0.1, 0.15) is 5.67 Å². The van der Waals surface area contributed by atoms with Crippen LogP contribution in [0.5, 0.6) is 0 Å². The Hall–Kier alpha value is -0.190. The molecule has 3 heterocycles. The fraction of sp³-hybridized carbons (Fsp3) is 1.00. The Morgan fingerprint density at radius 3 is 2.65 bits per heavy atom. The standard InChI is InChI=1S/C13H22FNO2/c14-13(2-5-15-6-3-13)11-1-7-17-12(9-11)4-8-16-10-12/h11,15H,1-10H2. The van der Waals surface area contributed by atoms with Gasteiger partial charge >= 0.3 is 0 Å². The van der Waals surface area contributed by atoms with Gasteiger partial charge in [-0.15, -0.1) is 0 Å². The molecule has 4 heteroatoms. The maximum atomic E-state index is 15.0. The smallest absolute Gasteiger partial charge is 0.116 e. The molecule has 0 radical (unpaired) electrons. The highest BCUT2D eigenvalue weighted by atomic mass is 19.1. The molecular formula is C13H22FNO2. The highest BCUT2D eigenvalue weighted by Crippen LogP contribution is 2.44. The lowest BCUT2D eigenvalue weighted by Crippen LogP contribution is -2.50. The van der Waals surface area contributed by atoms with Crippen molar-refractivity contribution in [1.29, 1.82) is 0 Å². The van der Waals surface area contributed by atoms with Gasteiger partial charge in [0.25, 0.3) is 0 Å². The first-order valence-electron chi connectivity index (χ1n) is 6.84. The summed E-state index contributed by atoms with van der Waals surface area (Å²) < 4.78 is 26.3. The van der Waals surface area contributed by atoms with Crippen LogP contribution in [0.15, 0.2) is 0 Å². The maximum absolute atomic E-state index is 15.0. The molecular weight excluding hydrogens is 221 g/mol. The quantitative estimate of drug-likeness (QED) is 0.760. The molecule has 3 fully saturated rings. The summed E-state index contributed by atoms with van der Waals surface area (Å²) in [6, 6.07) is 0. The van der Waals surface area contributed by atoms with Crippen molar-refractivity contribution in [2.45, 2.75) is 43.4 Å². The van der Waals surface area contributed by atoms with Crippen molar-refractivity contribution in [2.75, 3.05) is 32.9 Å². The number of rotatable bonds is 1. The largest absolute Gasteiger partial charge is 0.378 e. The summed E-state index contributed by atoms with van der Waals surface area (Å²) in [7, 11) is 0. The van der Waals surface area contributed by atoms with Crippen LogP contribution in [-0.4, -0.2) is 44.2 Å². The molecule has 3 rings (SSSR count). The van der Waals surface area contributed by atoms with E-state index < -0.39 is 5.67 Å². The maximum Gasteiger partial charge on any atom is 0.116 e. The summed E-state index contributed by atoms with van der Waals surface area (Å²) in [6.07, 6.45) is 3.99. The molecule has 0 aromatic carbocycles. The lowest BCUT2D eigenvalue weighted by molar-refractivity contribution is -0.129. The molecule has 3 saturated heterocycles. The van der Waals surface area contributed by atoms with Gasteiger partial charge in [0, 0.05) is 19.6 Å². The van der Waals surface area contributed by atoms with E-state index in [1.165, 1.54) is 0 Å². The van der Waals surface area contributed by atoms with Crippen LogP contribution in [0.25, 0.3) is 0 Å². The second-order valence-electron chi connectivity index (χ2n) is 5.81. The third-order valence-corrected chi connectivity index (χ3v) is 4.73. The molecule has 3 aliphatic rings. The number of halogens is 1. The van der Waals surface area contributed by atoms with E-state index in [-0.39, 0.29) is 11.5 Å². The first-order chi connectivity index (χ1) is 8.23. The third kappa shape index (κ3) is 2.23. The molecule has 98 valence electrons. The predicted octanol–water partition coefficient (Wildman–Crippen LogP) is 1.66. The number of nitrogens with one attached hydrogen (secondary N) is 1. The molecule has 17 heavy (non-hydrogen) atoms. The Bertz CT molecular complexity index is 273. The molecule has 0 aromatic heterocycles. The molecule has 0 saturated carbocycles. The van der Waals surface area contributed by atoms with Crippen molar-refractivity contribution in [3.63, 3.8) is 0 Å². The Balaban J connectivity index is 1.70. The summed E-state index contributed by atoms with van der Waals surface area (Å²) in [5.41, 5.74) is -1.13. The Kier molecular flexibility index (Phi) is 3.13. The number of hydrogen-bond acceptors (Lipinski definition) is 3. The van der Waals surface area contributed by atoms with Gasteiger partial charge in [-0.1, -0.05) is 0 Å².